The van der Waals surface area contributed by atoms with Crippen LogP contribution in [0, 0.1) is 29.6 Å². The van der Waals surface area contributed by atoms with Crippen molar-refractivity contribution in [3.8, 4) is 0 Å². The first kappa shape index (κ1) is 20.4. The van der Waals surface area contributed by atoms with Gasteiger partial charge in [-0.3, -0.25) is 19.5 Å². The summed E-state index contributed by atoms with van der Waals surface area (Å²) in [6.07, 6.45) is 7.24. The van der Waals surface area contributed by atoms with Crippen LogP contribution in [0.25, 0.3) is 0 Å². The Morgan fingerprint density at radius 2 is 1.86 bits per heavy atom. The number of fused-ring (bicyclic) bond motifs is 5. The maximum Gasteiger partial charge on any atom is 0.233 e. The Bertz CT molecular complexity index is 661. The fraction of sp³-hybridized carbons (Fsp3) is 0.773. The molecule has 2 bridgehead atoms. The molecule has 7 heteroatoms. The van der Waals surface area contributed by atoms with Crippen molar-refractivity contribution in [2.24, 2.45) is 34.6 Å². The quantitative estimate of drug-likeness (QED) is 0.209. The minimum absolute atomic E-state index is 0.0548. The van der Waals surface area contributed by atoms with Gasteiger partial charge >= 0.3 is 0 Å². The maximum atomic E-state index is 12.7. The second kappa shape index (κ2) is 8.86. The molecule has 0 aromatic carbocycles. The predicted molar refractivity (Wildman–Crippen MR) is 113 cm³/mol. The molecule has 4 rings (SSSR count). The lowest BCUT2D eigenvalue weighted by Crippen LogP contribution is -2.40. The molecule has 3 fully saturated rings. The molecule has 2 aliphatic heterocycles. The number of imide groups is 1. The number of amides is 2. The third kappa shape index (κ3) is 4.06. The molecular formula is C22H35N5O2. The minimum atomic E-state index is -0.0848. The summed E-state index contributed by atoms with van der Waals surface area (Å²) in [5.74, 6) is 1.98. The summed E-state index contributed by atoms with van der Waals surface area (Å²) in [6, 6.07) is 0. The SMILES string of the molecule is CCNC(=NCC1CCN(CC)C1)NCCCN1C(=O)C2C3C=CC(C3)C2C1=O. The lowest BCUT2D eigenvalue weighted by atomic mass is 9.85. The van der Waals surface area contributed by atoms with E-state index in [1.807, 2.05) is 0 Å². The van der Waals surface area contributed by atoms with Gasteiger partial charge in [0.15, 0.2) is 5.96 Å². The zero-order valence-corrected chi connectivity index (χ0v) is 17.8. The molecule has 2 saturated heterocycles. The molecular weight excluding hydrogens is 366 g/mol. The molecule has 2 N–H and O–H groups in total. The molecule has 5 atom stereocenters. The van der Waals surface area contributed by atoms with Crippen molar-refractivity contribution in [3.05, 3.63) is 12.2 Å². The van der Waals surface area contributed by atoms with Gasteiger partial charge in [0.1, 0.15) is 0 Å². The van der Waals surface area contributed by atoms with Crippen LogP contribution in [0.5, 0.6) is 0 Å². The number of likely N-dealkylation sites (tertiary alicyclic amines) is 2. The highest BCUT2D eigenvalue weighted by Gasteiger charge is 2.58. The molecule has 0 radical (unpaired) electrons. The number of allylic oxidation sites excluding steroid dienone is 2. The van der Waals surface area contributed by atoms with E-state index in [0.717, 1.165) is 45.0 Å². The second-order valence-electron chi connectivity index (χ2n) is 8.88. The van der Waals surface area contributed by atoms with Crippen LogP contribution in [-0.4, -0.2) is 73.4 Å². The second-order valence-corrected chi connectivity index (χ2v) is 8.88. The molecule has 29 heavy (non-hydrogen) atoms. The summed E-state index contributed by atoms with van der Waals surface area (Å²) in [5, 5.41) is 6.67. The Balaban J connectivity index is 1.22. The summed E-state index contributed by atoms with van der Waals surface area (Å²) in [4.78, 5) is 34.2. The van der Waals surface area contributed by atoms with Crippen LogP contribution in [0.1, 0.15) is 33.1 Å². The molecule has 5 unspecified atom stereocenters. The fourth-order valence-corrected chi connectivity index (χ4v) is 5.54. The van der Waals surface area contributed by atoms with E-state index in [-0.39, 0.29) is 35.5 Å². The number of nitrogens with zero attached hydrogens (tertiary/aromatic N) is 3. The molecule has 0 aromatic heterocycles. The van der Waals surface area contributed by atoms with Crippen molar-refractivity contribution >= 4 is 17.8 Å². The van der Waals surface area contributed by atoms with Crippen molar-refractivity contribution in [1.29, 1.82) is 0 Å². The zero-order chi connectivity index (χ0) is 20.4. The van der Waals surface area contributed by atoms with Crippen molar-refractivity contribution in [2.45, 2.75) is 33.1 Å². The molecule has 160 valence electrons. The topological polar surface area (TPSA) is 77.0 Å². The van der Waals surface area contributed by atoms with Crippen molar-refractivity contribution in [1.82, 2.24) is 20.4 Å². The smallest absolute Gasteiger partial charge is 0.233 e. The molecule has 7 nitrogen and oxygen atoms in total. The number of nitrogens with one attached hydrogen (secondary N) is 2. The van der Waals surface area contributed by atoms with Gasteiger partial charge in [0.2, 0.25) is 11.8 Å². The van der Waals surface area contributed by atoms with E-state index in [2.05, 4.69) is 41.5 Å². The van der Waals surface area contributed by atoms with Crippen molar-refractivity contribution in [3.63, 3.8) is 0 Å². The van der Waals surface area contributed by atoms with Crippen LogP contribution in [0.2, 0.25) is 0 Å². The summed E-state index contributed by atoms with van der Waals surface area (Å²) < 4.78 is 0. The van der Waals surface area contributed by atoms with Gasteiger partial charge in [-0.1, -0.05) is 19.1 Å². The Morgan fingerprint density at radius 3 is 2.48 bits per heavy atom. The molecule has 1 saturated carbocycles. The number of guanidine groups is 1. The van der Waals surface area contributed by atoms with Crippen molar-refractivity contribution in [2.75, 3.05) is 45.8 Å². The molecule has 2 heterocycles. The summed E-state index contributed by atoms with van der Waals surface area (Å²) in [6.45, 7) is 10.6. The highest BCUT2D eigenvalue weighted by atomic mass is 16.2. The monoisotopic (exact) mass is 401 g/mol. The number of rotatable bonds is 8. The number of hydrogen-bond acceptors (Lipinski definition) is 4. The zero-order valence-electron chi connectivity index (χ0n) is 17.8. The third-order valence-electron chi connectivity index (χ3n) is 7.08. The largest absolute Gasteiger partial charge is 0.357 e. The van der Waals surface area contributed by atoms with Gasteiger partial charge in [-0.05, 0) is 57.0 Å². The van der Waals surface area contributed by atoms with Crippen LogP contribution in [0.4, 0.5) is 0 Å². The normalized spacial score (nSPS) is 33.8. The van der Waals surface area contributed by atoms with Gasteiger partial charge in [-0.2, -0.15) is 0 Å². The summed E-state index contributed by atoms with van der Waals surface area (Å²) in [7, 11) is 0. The third-order valence-corrected chi connectivity index (χ3v) is 7.08. The highest BCUT2D eigenvalue weighted by Crippen LogP contribution is 2.52. The Kier molecular flexibility index (Phi) is 6.23. The first-order valence-electron chi connectivity index (χ1n) is 11.4. The van der Waals surface area contributed by atoms with Gasteiger partial charge in [0.05, 0.1) is 11.8 Å². The molecule has 4 aliphatic rings. The van der Waals surface area contributed by atoms with Gasteiger partial charge in [0.25, 0.3) is 0 Å². The van der Waals surface area contributed by atoms with E-state index in [1.165, 1.54) is 17.9 Å². The van der Waals surface area contributed by atoms with E-state index < -0.39 is 0 Å². The van der Waals surface area contributed by atoms with E-state index >= 15 is 0 Å². The van der Waals surface area contributed by atoms with E-state index in [1.54, 1.807) is 0 Å². The highest BCUT2D eigenvalue weighted by molar-refractivity contribution is 6.06. The lowest BCUT2D eigenvalue weighted by molar-refractivity contribution is -0.140. The average molecular weight is 402 g/mol. The van der Waals surface area contributed by atoms with Crippen LogP contribution >= 0.6 is 0 Å². The van der Waals surface area contributed by atoms with Crippen LogP contribution in [-0.2, 0) is 9.59 Å². The van der Waals surface area contributed by atoms with E-state index in [0.29, 0.717) is 19.0 Å². The molecule has 0 spiro atoms. The van der Waals surface area contributed by atoms with Crippen LogP contribution in [0.3, 0.4) is 0 Å². The van der Waals surface area contributed by atoms with E-state index in [9.17, 15) is 9.59 Å². The number of aliphatic imine (C=N–C) groups is 1. The standard InChI is InChI=1S/C22H35N5O2/c1-3-23-22(25-13-15-8-11-26(4-2)14-15)24-9-5-10-27-20(28)18-16-6-7-17(12-16)19(18)21(27)29/h6-7,15-19H,3-5,8-14H2,1-2H3,(H2,23,24,25). The summed E-state index contributed by atoms with van der Waals surface area (Å²) >= 11 is 0. The van der Waals surface area contributed by atoms with Crippen LogP contribution < -0.4 is 10.6 Å². The fourth-order valence-electron chi connectivity index (χ4n) is 5.54. The number of carbonyl (C=O) groups is 2. The predicted octanol–water partition coefficient (Wildman–Crippen LogP) is 1.08. The van der Waals surface area contributed by atoms with Gasteiger partial charge in [-0.15, -0.1) is 0 Å². The maximum absolute atomic E-state index is 12.7. The Hall–Kier alpha value is -1.89. The number of hydrogen-bond donors (Lipinski definition) is 2. The summed E-state index contributed by atoms with van der Waals surface area (Å²) in [5.41, 5.74) is 0. The molecule has 2 amide bonds. The van der Waals surface area contributed by atoms with Gasteiger partial charge < -0.3 is 15.5 Å². The molecule has 2 aliphatic carbocycles. The first-order valence-corrected chi connectivity index (χ1v) is 11.4. The van der Waals surface area contributed by atoms with Gasteiger partial charge in [0, 0.05) is 32.7 Å². The first-order chi connectivity index (χ1) is 14.1. The van der Waals surface area contributed by atoms with E-state index in [4.69, 9.17) is 4.99 Å². The average Bonchev–Trinajstić information content (AvgIpc) is 3.49. The van der Waals surface area contributed by atoms with Crippen molar-refractivity contribution < 1.29 is 9.59 Å². The number of carbonyl (C=O) groups excluding carboxylic acids is 2. The van der Waals surface area contributed by atoms with Gasteiger partial charge in [-0.25, -0.2) is 0 Å². The van der Waals surface area contributed by atoms with Crippen LogP contribution in [0.15, 0.2) is 17.1 Å². The molecule has 0 aromatic rings. The Labute approximate surface area is 174 Å². The Morgan fingerprint density at radius 1 is 1.14 bits per heavy atom. The lowest BCUT2D eigenvalue weighted by Gasteiger charge is -2.18. The minimum Gasteiger partial charge on any atom is -0.357 e.